The summed E-state index contributed by atoms with van der Waals surface area (Å²) in [7, 11) is 0. The van der Waals surface area contributed by atoms with E-state index in [2.05, 4.69) is 13.8 Å². The summed E-state index contributed by atoms with van der Waals surface area (Å²) < 4.78 is 0. The van der Waals surface area contributed by atoms with Gasteiger partial charge in [-0.15, -0.1) is 0 Å². The first-order valence-electron chi connectivity index (χ1n) is 3.17. The van der Waals surface area contributed by atoms with Crippen molar-refractivity contribution in [2.45, 2.75) is 27.2 Å². The Morgan fingerprint density at radius 2 is 2.00 bits per heavy atom. The van der Waals surface area contributed by atoms with Crippen LogP contribution in [-0.2, 0) is 4.79 Å². The molecule has 0 N–H and O–H groups in total. The molecule has 0 aliphatic carbocycles. The van der Waals surface area contributed by atoms with Crippen LogP contribution in [0.25, 0.3) is 0 Å². The smallest absolute Gasteiger partial charge is 0.123 e. The van der Waals surface area contributed by atoms with Gasteiger partial charge in [0.15, 0.2) is 0 Å². The Morgan fingerprint density at radius 1 is 1.50 bits per heavy atom. The average Bonchev–Trinajstić information content (AvgIpc) is 1.84. The van der Waals surface area contributed by atoms with Crippen molar-refractivity contribution in [1.29, 1.82) is 0 Å². The topological polar surface area (TPSA) is 17.1 Å². The highest BCUT2D eigenvalue weighted by atomic mass is 16.1. The Hall–Kier alpha value is -0.330. The molecule has 0 aliphatic heterocycles. The number of hydrogen-bond donors (Lipinski definition) is 0. The zero-order chi connectivity index (χ0) is 6.57. The molecule has 0 aromatic carbocycles. The first kappa shape index (κ1) is 7.67. The van der Waals surface area contributed by atoms with Crippen molar-refractivity contribution in [1.82, 2.24) is 0 Å². The lowest BCUT2D eigenvalue weighted by Gasteiger charge is -2.09. The number of rotatable bonds is 3. The van der Waals surface area contributed by atoms with Gasteiger partial charge in [0.05, 0.1) is 0 Å². The molecule has 8 heavy (non-hydrogen) atoms. The van der Waals surface area contributed by atoms with Crippen LogP contribution >= 0.6 is 0 Å². The van der Waals surface area contributed by atoms with Gasteiger partial charge >= 0.3 is 0 Å². The minimum absolute atomic E-state index is 0.236. The molecular weight excluding hydrogens is 100 g/mol. The van der Waals surface area contributed by atoms with E-state index in [1.807, 2.05) is 6.92 Å². The zero-order valence-electron chi connectivity index (χ0n) is 5.85. The van der Waals surface area contributed by atoms with E-state index >= 15 is 0 Å². The summed E-state index contributed by atoms with van der Waals surface area (Å²) in [5.74, 6) is 0.785. The molecule has 0 bridgehead atoms. The van der Waals surface area contributed by atoms with Gasteiger partial charge in [0.2, 0.25) is 0 Å². The fraction of sp³-hybridized carbons (Fsp3) is 0.857. The van der Waals surface area contributed by atoms with Crippen molar-refractivity contribution in [3.8, 4) is 0 Å². The van der Waals surface area contributed by atoms with E-state index in [1.54, 1.807) is 0 Å². The van der Waals surface area contributed by atoms with Crippen LogP contribution in [0.1, 0.15) is 27.2 Å². The predicted molar refractivity (Wildman–Crippen MR) is 34.7 cm³/mol. The molecule has 0 saturated carbocycles. The van der Waals surface area contributed by atoms with Gasteiger partial charge in [-0.25, -0.2) is 0 Å². The Labute approximate surface area is 51.1 Å². The fourth-order valence-electron chi connectivity index (χ4n) is 0.506. The molecule has 1 heteroatoms. The van der Waals surface area contributed by atoms with E-state index in [0.717, 1.165) is 12.7 Å². The molecule has 48 valence electrons. The molecule has 1 unspecified atom stereocenters. The summed E-state index contributed by atoms with van der Waals surface area (Å²) >= 11 is 0. The predicted octanol–water partition coefficient (Wildman–Crippen LogP) is 1.87. The lowest BCUT2D eigenvalue weighted by molar-refractivity contribution is -0.111. The van der Waals surface area contributed by atoms with Crippen molar-refractivity contribution in [2.24, 2.45) is 11.8 Å². The highest BCUT2D eigenvalue weighted by molar-refractivity contribution is 5.53. The molecule has 0 radical (unpaired) electrons. The second kappa shape index (κ2) is 3.65. The summed E-state index contributed by atoms with van der Waals surface area (Å²) in [6.07, 6.45) is 2.12. The maximum absolute atomic E-state index is 10.1. The third kappa shape index (κ3) is 2.10. The molecule has 0 saturated heterocycles. The molecule has 0 fully saturated rings. The molecule has 0 rings (SSSR count). The van der Waals surface area contributed by atoms with Crippen LogP contribution in [-0.4, -0.2) is 6.29 Å². The largest absolute Gasteiger partial charge is 0.303 e. The van der Waals surface area contributed by atoms with Crippen LogP contribution in [0.3, 0.4) is 0 Å². The van der Waals surface area contributed by atoms with E-state index < -0.39 is 0 Å². The zero-order valence-corrected chi connectivity index (χ0v) is 5.85. The van der Waals surface area contributed by atoms with Crippen molar-refractivity contribution < 1.29 is 4.79 Å². The molecule has 1 nitrogen and oxygen atoms in total. The van der Waals surface area contributed by atoms with Gasteiger partial charge < -0.3 is 4.79 Å². The van der Waals surface area contributed by atoms with Gasteiger partial charge in [-0.1, -0.05) is 27.2 Å². The van der Waals surface area contributed by atoms with Crippen LogP contribution < -0.4 is 0 Å². The summed E-state index contributed by atoms with van der Waals surface area (Å²) in [5.41, 5.74) is 0. The number of carbonyl (C=O) groups excluding carboxylic acids is 1. The maximum atomic E-state index is 10.1. The van der Waals surface area contributed by atoms with Crippen LogP contribution in [0.5, 0.6) is 0 Å². The van der Waals surface area contributed by atoms with E-state index in [9.17, 15) is 4.79 Å². The van der Waals surface area contributed by atoms with Crippen molar-refractivity contribution in [2.75, 3.05) is 0 Å². The van der Waals surface area contributed by atoms with Gasteiger partial charge in [-0.2, -0.15) is 0 Å². The first-order chi connectivity index (χ1) is 3.72. The molecule has 0 heterocycles. The highest BCUT2D eigenvalue weighted by Crippen LogP contribution is 2.10. The molecular formula is C7H14O. The van der Waals surface area contributed by atoms with E-state index in [4.69, 9.17) is 0 Å². The second-order valence-corrected chi connectivity index (χ2v) is 2.38. The van der Waals surface area contributed by atoms with E-state index in [0.29, 0.717) is 5.92 Å². The second-order valence-electron chi connectivity index (χ2n) is 2.38. The lowest BCUT2D eigenvalue weighted by atomic mass is 9.95. The number of carbonyl (C=O) groups is 1. The summed E-state index contributed by atoms with van der Waals surface area (Å²) in [4.78, 5) is 10.1. The fourth-order valence-corrected chi connectivity index (χ4v) is 0.506. The molecule has 2 atom stereocenters. The van der Waals surface area contributed by atoms with Gasteiger partial charge in [0.1, 0.15) is 6.29 Å². The third-order valence-corrected chi connectivity index (χ3v) is 1.76. The molecule has 0 aromatic rings. The number of hydrogen-bond acceptors (Lipinski definition) is 1. The summed E-state index contributed by atoms with van der Waals surface area (Å²) in [6, 6.07) is 0. The normalized spacial score (nSPS) is 17.4. The quantitative estimate of drug-likeness (QED) is 0.512. The standard InChI is InChI=1S/C7H14O/c1-4-6(2)7(3)5-8/h5-7H,4H2,1-3H3/t6-,7?/m1/s1. The molecule has 0 spiro atoms. The van der Waals surface area contributed by atoms with E-state index in [1.165, 1.54) is 0 Å². The molecule has 0 amide bonds. The summed E-state index contributed by atoms with van der Waals surface area (Å²) in [6.45, 7) is 6.16. The maximum Gasteiger partial charge on any atom is 0.123 e. The Balaban J connectivity index is 3.44. The molecule has 0 aliphatic rings. The SMILES string of the molecule is CC[C@@H](C)C(C)C=O. The Kier molecular flexibility index (Phi) is 3.49. The van der Waals surface area contributed by atoms with Gasteiger partial charge in [-0.3, -0.25) is 0 Å². The van der Waals surface area contributed by atoms with Crippen LogP contribution in [0.2, 0.25) is 0 Å². The van der Waals surface area contributed by atoms with E-state index in [-0.39, 0.29) is 5.92 Å². The monoisotopic (exact) mass is 114 g/mol. The van der Waals surface area contributed by atoms with Crippen molar-refractivity contribution in [3.05, 3.63) is 0 Å². The summed E-state index contributed by atoms with van der Waals surface area (Å²) in [5, 5.41) is 0. The molecule has 0 aromatic heterocycles. The minimum Gasteiger partial charge on any atom is -0.303 e. The van der Waals surface area contributed by atoms with Crippen molar-refractivity contribution in [3.63, 3.8) is 0 Å². The Bertz CT molecular complexity index is 68.8. The van der Waals surface area contributed by atoms with Crippen molar-refractivity contribution >= 4 is 6.29 Å². The third-order valence-electron chi connectivity index (χ3n) is 1.76. The van der Waals surface area contributed by atoms with Gasteiger partial charge in [-0.05, 0) is 5.92 Å². The number of aldehydes is 1. The lowest BCUT2D eigenvalue weighted by Crippen LogP contribution is -2.06. The van der Waals surface area contributed by atoms with Crippen LogP contribution in [0.15, 0.2) is 0 Å². The van der Waals surface area contributed by atoms with Crippen LogP contribution in [0.4, 0.5) is 0 Å². The minimum atomic E-state index is 0.236. The van der Waals surface area contributed by atoms with Gasteiger partial charge in [0.25, 0.3) is 0 Å². The average molecular weight is 114 g/mol. The highest BCUT2D eigenvalue weighted by Gasteiger charge is 2.06. The van der Waals surface area contributed by atoms with Gasteiger partial charge in [0, 0.05) is 5.92 Å². The van der Waals surface area contributed by atoms with Crippen LogP contribution in [0, 0.1) is 11.8 Å². The Morgan fingerprint density at radius 3 is 2.12 bits per heavy atom. The first-order valence-corrected chi connectivity index (χ1v) is 3.17.